The normalized spacial score (nSPS) is 10.8. The quantitative estimate of drug-likeness (QED) is 0.518. The standard InChI is InChI=1S/C14H16N6OS/c1-15-5-6-16-14-20-13-11(22-14)12(17-8-18-13)19-9-3-2-4-10(21)7-9/h2-4,7-8,15,21H,5-6H2,1H3,(H2,16,17,18,19,20). The molecule has 0 atom stereocenters. The molecule has 3 aromatic rings. The number of aromatic hydroxyl groups is 1. The zero-order valence-corrected chi connectivity index (χ0v) is 12.8. The molecule has 0 radical (unpaired) electrons. The summed E-state index contributed by atoms with van der Waals surface area (Å²) < 4.78 is 0.873. The molecular formula is C14H16N6OS. The summed E-state index contributed by atoms with van der Waals surface area (Å²) in [4.78, 5) is 12.9. The first-order chi connectivity index (χ1) is 10.8. The molecule has 1 aromatic carbocycles. The topological polar surface area (TPSA) is 95.0 Å². The minimum Gasteiger partial charge on any atom is -0.508 e. The van der Waals surface area contributed by atoms with Crippen LogP contribution in [0.3, 0.4) is 0 Å². The molecule has 0 aliphatic carbocycles. The van der Waals surface area contributed by atoms with E-state index in [1.54, 1.807) is 18.2 Å². The van der Waals surface area contributed by atoms with Gasteiger partial charge in [-0.3, -0.25) is 0 Å². The maximum absolute atomic E-state index is 9.53. The third kappa shape index (κ3) is 3.23. The highest BCUT2D eigenvalue weighted by Crippen LogP contribution is 2.31. The van der Waals surface area contributed by atoms with Gasteiger partial charge in [-0.15, -0.1) is 0 Å². The van der Waals surface area contributed by atoms with Crippen LogP contribution in [0, 0.1) is 0 Å². The van der Waals surface area contributed by atoms with E-state index < -0.39 is 0 Å². The predicted octanol–water partition coefficient (Wildman–Crippen LogP) is 2.17. The molecular weight excluding hydrogens is 300 g/mol. The number of fused-ring (bicyclic) bond motifs is 1. The molecule has 8 heteroatoms. The first-order valence-corrected chi connectivity index (χ1v) is 7.64. The number of thiazole rings is 1. The Morgan fingerprint density at radius 2 is 2.14 bits per heavy atom. The van der Waals surface area contributed by atoms with Crippen LogP contribution in [0.15, 0.2) is 30.6 Å². The summed E-state index contributed by atoms with van der Waals surface area (Å²) in [6.45, 7) is 1.65. The Labute approximate surface area is 131 Å². The van der Waals surface area contributed by atoms with Gasteiger partial charge in [0.25, 0.3) is 0 Å². The Balaban J connectivity index is 1.86. The third-order valence-electron chi connectivity index (χ3n) is 2.95. The van der Waals surface area contributed by atoms with E-state index in [9.17, 15) is 5.11 Å². The highest BCUT2D eigenvalue weighted by Gasteiger charge is 2.10. The van der Waals surface area contributed by atoms with Gasteiger partial charge < -0.3 is 21.1 Å². The number of likely N-dealkylation sites (N-methyl/N-ethyl adjacent to an activating group) is 1. The van der Waals surface area contributed by atoms with Crippen LogP contribution in [0.2, 0.25) is 0 Å². The van der Waals surface area contributed by atoms with Crippen molar-refractivity contribution in [3.05, 3.63) is 30.6 Å². The van der Waals surface area contributed by atoms with Crippen molar-refractivity contribution in [2.45, 2.75) is 0 Å². The van der Waals surface area contributed by atoms with E-state index >= 15 is 0 Å². The molecule has 0 spiro atoms. The maximum Gasteiger partial charge on any atom is 0.185 e. The molecule has 22 heavy (non-hydrogen) atoms. The van der Waals surface area contributed by atoms with Crippen molar-refractivity contribution in [3.8, 4) is 5.75 Å². The molecule has 4 N–H and O–H groups in total. The van der Waals surface area contributed by atoms with Crippen LogP contribution >= 0.6 is 11.3 Å². The van der Waals surface area contributed by atoms with Crippen LogP contribution in [0.1, 0.15) is 0 Å². The van der Waals surface area contributed by atoms with Gasteiger partial charge >= 0.3 is 0 Å². The van der Waals surface area contributed by atoms with E-state index in [-0.39, 0.29) is 5.75 Å². The minimum absolute atomic E-state index is 0.203. The monoisotopic (exact) mass is 316 g/mol. The summed E-state index contributed by atoms with van der Waals surface area (Å²) in [7, 11) is 1.91. The van der Waals surface area contributed by atoms with Gasteiger partial charge in [0.2, 0.25) is 0 Å². The summed E-state index contributed by atoms with van der Waals surface area (Å²) in [5, 5.41) is 19.8. The lowest BCUT2D eigenvalue weighted by Gasteiger charge is -2.05. The Hall–Kier alpha value is -2.45. The fourth-order valence-electron chi connectivity index (χ4n) is 1.93. The van der Waals surface area contributed by atoms with E-state index in [0.717, 1.165) is 28.6 Å². The fraction of sp³-hybridized carbons (Fsp3) is 0.214. The van der Waals surface area contributed by atoms with Crippen LogP contribution in [0.25, 0.3) is 10.3 Å². The Morgan fingerprint density at radius 1 is 1.23 bits per heavy atom. The highest BCUT2D eigenvalue weighted by atomic mass is 32.1. The van der Waals surface area contributed by atoms with Crippen LogP contribution in [0.4, 0.5) is 16.6 Å². The molecule has 114 valence electrons. The molecule has 0 bridgehead atoms. The summed E-state index contributed by atoms with van der Waals surface area (Å²) in [5.41, 5.74) is 1.41. The lowest BCUT2D eigenvalue weighted by molar-refractivity contribution is 0.475. The van der Waals surface area contributed by atoms with Crippen LogP contribution in [0.5, 0.6) is 5.75 Å². The molecule has 0 saturated carbocycles. The second-order valence-electron chi connectivity index (χ2n) is 4.60. The summed E-state index contributed by atoms with van der Waals surface area (Å²) in [5.74, 6) is 0.879. The van der Waals surface area contributed by atoms with E-state index in [2.05, 4.69) is 30.9 Å². The second-order valence-corrected chi connectivity index (χ2v) is 5.60. The molecule has 2 aromatic heterocycles. The number of anilines is 3. The lowest BCUT2D eigenvalue weighted by Crippen LogP contribution is -2.17. The zero-order valence-electron chi connectivity index (χ0n) is 12.0. The van der Waals surface area contributed by atoms with Crippen molar-refractivity contribution >= 4 is 38.3 Å². The molecule has 2 heterocycles. The maximum atomic E-state index is 9.53. The number of aromatic nitrogens is 3. The van der Waals surface area contributed by atoms with Gasteiger partial charge in [-0.2, -0.15) is 4.98 Å². The number of nitrogens with one attached hydrogen (secondary N) is 3. The SMILES string of the molecule is CNCCNc1nc2ncnc(Nc3cccc(O)c3)c2s1. The highest BCUT2D eigenvalue weighted by molar-refractivity contribution is 7.22. The zero-order chi connectivity index (χ0) is 15.4. The van der Waals surface area contributed by atoms with Crippen molar-refractivity contribution < 1.29 is 5.11 Å². The van der Waals surface area contributed by atoms with Crippen LogP contribution < -0.4 is 16.0 Å². The van der Waals surface area contributed by atoms with E-state index in [4.69, 9.17) is 0 Å². The minimum atomic E-state index is 0.203. The molecule has 3 rings (SSSR count). The van der Waals surface area contributed by atoms with Crippen LogP contribution in [-0.2, 0) is 0 Å². The second kappa shape index (κ2) is 6.54. The molecule has 7 nitrogen and oxygen atoms in total. The third-order valence-corrected chi connectivity index (χ3v) is 3.96. The van der Waals surface area contributed by atoms with Crippen molar-refractivity contribution in [1.82, 2.24) is 20.3 Å². The lowest BCUT2D eigenvalue weighted by atomic mass is 10.3. The van der Waals surface area contributed by atoms with E-state index in [0.29, 0.717) is 11.5 Å². The molecule has 0 saturated heterocycles. The number of phenols is 1. The van der Waals surface area contributed by atoms with Crippen molar-refractivity contribution in [1.29, 1.82) is 0 Å². The molecule has 0 aliphatic heterocycles. The van der Waals surface area contributed by atoms with Crippen LogP contribution in [-0.4, -0.2) is 40.2 Å². The fourth-order valence-corrected chi connectivity index (χ4v) is 2.82. The Kier molecular flexibility index (Phi) is 4.31. The molecule has 0 unspecified atom stereocenters. The summed E-state index contributed by atoms with van der Waals surface area (Å²) in [6, 6.07) is 6.90. The first kappa shape index (κ1) is 14.5. The number of hydrogen-bond acceptors (Lipinski definition) is 8. The first-order valence-electron chi connectivity index (χ1n) is 6.82. The smallest absolute Gasteiger partial charge is 0.185 e. The predicted molar refractivity (Wildman–Crippen MR) is 89.0 cm³/mol. The summed E-state index contributed by atoms with van der Waals surface area (Å²) >= 11 is 1.50. The van der Waals surface area contributed by atoms with Gasteiger partial charge in [-0.25, -0.2) is 9.97 Å². The van der Waals surface area contributed by atoms with E-state index in [1.165, 1.54) is 17.7 Å². The largest absolute Gasteiger partial charge is 0.508 e. The van der Waals surface area contributed by atoms with Gasteiger partial charge in [-0.05, 0) is 19.2 Å². The Morgan fingerprint density at radius 3 is 2.95 bits per heavy atom. The number of benzene rings is 1. The van der Waals surface area contributed by atoms with Gasteiger partial charge in [0.1, 0.15) is 16.8 Å². The number of hydrogen-bond donors (Lipinski definition) is 4. The van der Waals surface area contributed by atoms with Gasteiger partial charge in [0.15, 0.2) is 16.6 Å². The number of nitrogens with zero attached hydrogens (tertiary/aromatic N) is 3. The van der Waals surface area contributed by atoms with Gasteiger partial charge in [0.05, 0.1) is 0 Å². The van der Waals surface area contributed by atoms with E-state index in [1.807, 2.05) is 13.1 Å². The van der Waals surface area contributed by atoms with Crippen molar-refractivity contribution in [2.24, 2.45) is 0 Å². The van der Waals surface area contributed by atoms with Gasteiger partial charge in [0, 0.05) is 24.8 Å². The van der Waals surface area contributed by atoms with Gasteiger partial charge in [-0.1, -0.05) is 17.4 Å². The van der Waals surface area contributed by atoms with Crippen molar-refractivity contribution in [3.63, 3.8) is 0 Å². The number of rotatable bonds is 6. The average molecular weight is 316 g/mol. The molecule has 0 aliphatic rings. The molecule has 0 amide bonds. The van der Waals surface area contributed by atoms with Crippen molar-refractivity contribution in [2.75, 3.05) is 30.8 Å². The average Bonchev–Trinajstić information content (AvgIpc) is 2.92. The summed E-state index contributed by atoms with van der Waals surface area (Å²) in [6.07, 6.45) is 1.48. The molecule has 0 fully saturated rings. The number of phenolic OH excluding ortho intramolecular Hbond substituents is 1. The Bertz CT molecular complexity index is 775.